The molecule has 2 aromatic heterocycles. The molecule has 0 aliphatic heterocycles. The fourth-order valence-corrected chi connectivity index (χ4v) is 3.77. The molecule has 0 unspecified atom stereocenters. The number of rotatable bonds is 2. The molecule has 2 nitrogen and oxygen atoms in total. The summed E-state index contributed by atoms with van der Waals surface area (Å²) < 4.78 is 45.9. The van der Waals surface area contributed by atoms with Gasteiger partial charge in [-0.2, -0.15) is 0 Å². The Hall–Kier alpha value is -3.65. The van der Waals surface area contributed by atoms with Crippen LogP contribution in [0.5, 0.6) is 0 Å². The first-order valence-electron chi connectivity index (χ1n) is 13.8. The summed E-state index contributed by atoms with van der Waals surface area (Å²) in [5.74, 6) is 0. The van der Waals surface area contributed by atoms with Gasteiger partial charge in [0.2, 0.25) is 0 Å². The molecule has 0 aliphatic carbocycles. The molecule has 0 amide bonds. The Kier molecular flexibility index (Phi) is 5.67. The molecule has 35 heavy (non-hydrogen) atoms. The van der Waals surface area contributed by atoms with E-state index in [1.165, 1.54) is 6.07 Å². The quantitative estimate of drug-likeness (QED) is 0.142. The van der Waals surface area contributed by atoms with Crippen LogP contribution in [-0.2, 0) is 20.1 Å². The SMILES string of the molecule is [2H]C([2H])([2H])c1cnc(-c2[c-]cc3c(ccc4ccccc43)c2)cc1C([2H])([2H])[2H].[Ir].[c-]1ccccc1-c1ccccn1. The van der Waals surface area contributed by atoms with E-state index in [1.54, 1.807) is 6.20 Å². The van der Waals surface area contributed by atoms with Crippen molar-refractivity contribution in [3.63, 3.8) is 0 Å². The van der Waals surface area contributed by atoms with Crippen LogP contribution in [0.2, 0.25) is 0 Å². The summed E-state index contributed by atoms with van der Waals surface area (Å²) in [4.78, 5) is 8.44. The summed E-state index contributed by atoms with van der Waals surface area (Å²) in [6.45, 7) is -5.09. The fourth-order valence-electron chi connectivity index (χ4n) is 3.77. The summed E-state index contributed by atoms with van der Waals surface area (Å²) in [5.41, 5.74) is 2.56. The second kappa shape index (κ2) is 11.2. The minimum atomic E-state index is -2.55. The van der Waals surface area contributed by atoms with Crippen molar-refractivity contribution >= 4 is 21.5 Å². The number of hydrogen-bond donors (Lipinski definition) is 0. The number of pyridine rings is 2. The Balaban J connectivity index is 0.000000249. The van der Waals surface area contributed by atoms with E-state index in [0.29, 0.717) is 11.3 Å². The van der Waals surface area contributed by atoms with Crippen LogP contribution in [0.1, 0.15) is 19.4 Å². The van der Waals surface area contributed by atoms with Crippen LogP contribution in [0, 0.1) is 25.8 Å². The zero-order valence-corrected chi connectivity index (χ0v) is 21.0. The van der Waals surface area contributed by atoms with E-state index in [4.69, 9.17) is 8.22 Å². The van der Waals surface area contributed by atoms with Gasteiger partial charge in [0.05, 0.1) is 0 Å². The van der Waals surface area contributed by atoms with E-state index in [1.807, 2.05) is 91.0 Å². The third kappa shape index (κ3) is 5.54. The minimum absolute atomic E-state index is 0. The van der Waals surface area contributed by atoms with E-state index in [-0.39, 0.29) is 31.2 Å². The maximum atomic E-state index is 7.72. The van der Waals surface area contributed by atoms with Crippen molar-refractivity contribution in [3.8, 4) is 22.5 Å². The molecule has 0 saturated heterocycles. The number of hydrogen-bond acceptors (Lipinski definition) is 2. The van der Waals surface area contributed by atoms with Crippen LogP contribution in [-0.4, -0.2) is 9.97 Å². The van der Waals surface area contributed by atoms with Crippen molar-refractivity contribution in [3.05, 3.63) is 133 Å². The van der Waals surface area contributed by atoms with Crippen LogP contribution >= 0.6 is 0 Å². The molecule has 0 fully saturated rings. The van der Waals surface area contributed by atoms with Crippen molar-refractivity contribution < 1.29 is 28.3 Å². The van der Waals surface area contributed by atoms with E-state index in [0.717, 1.165) is 39.0 Å². The third-order valence-electron chi connectivity index (χ3n) is 5.51. The van der Waals surface area contributed by atoms with Crippen LogP contribution < -0.4 is 0 Å². The molecule has 6 aromatic rings. The molecule has 0 spiro atoms. The van der Waals surface area contributed by atoms with E-state index in [2.05, 4.69) is 22.1 Å². The first kappa shape index (κ1) is 17.7. The van der Waals surface area contributed by atoms with Gasteiger partial charge >= 0.3 is 0 Å². The Bertz CT molecular complexity index is 1730. The van der Waals surface area contributed by atoms with Gasteiger partial charge in [-0.3, -0.25) is 0 Å². The maximum absolute atomic E-state index is 7.72. The molecule has 0 atom stereocenters. The van der Waals surface area contributed by atoms with Gasteiger partial charge in [-0.1, -0.05) is 70.9 Å². The average molecular weight is 635 g/mol. The number of fused-ring (bicyclic) bond motifs is 3. The van der Waals surface area contributed by atoms with Crippen molar-refractivity contribution in [1.82, 2.24) is 9.97 Å². The second-order valence-corrected chi connectivity index (χ2v) is 7.74. The van der Waals surface area contributed by atoms with Gasteiger partial charge in [0.15, 0.2) is 0 Å². The standard InChI is InChI=1S/C21H16N.C11H8N.Ir/c1-14-11-21(22-13-15(14)2)18-9-10-20-17(12-18)8-7-16-5-3-4-6-19(16)20;1-2-6-10(7-3-1)11-8-4-5-9-12-11;/h3-8,10-13H,1-2H3;1-6,8-9H;/q2*-1;/i1D3,2D3;;. The molecule has 0 saturated carbocycles. The van der Waals surface area contributed by atoms with Gasteiger partial charge in [-0.15, -0.1) is 65.0 Å². The number of nitrogens with zero attached hydrogens (tertiary/aromatic N) is 2. The molecular weight excluding hydrogens is 605 g/mol. The first-order chi connectivity index (χ1) is 19.1. The molecule has 1 radical (unpaired) electrons. The zero-order valence-electron chi connectivity index (χ0n) is 24.6. The van der Waals surface area contributed by atoms with Crippen molar-refractivity contribution in [1.29, 1.82) is 0 Å². The first-order valence-corrected chi connectivity index (χ1v) is 10.8. The molecule has 2 heterocycles. The zero-order chi connectivity index (χ0) is 28.3. The summed E-state index contributed by atoms with van der Waals surface area (Å²) in [7, 11) is 0. The maximum Gasteiger partial charge on any atom is 0.0280 e. The summed E-state index contributed by atoms with van der Waals surface area (Å²) in [6, 6.07) is 37.2. The summed E-state index contributed by atoms with van der Waals surface area (Å²) in [5, 5.41) is 4.25. The van der Waals surface area contributed by atoms with E-state index in [9.17, 15) is 0 Å². The van der Waals surface area contributed by atoms with Gasteiger partial charge in [0.1, 0.15) is 0 Å². The van der Waals surface area contributed by atoms with Crippen molar-refractivity contribution in [2.45, 2.75) is 13.7 Å². The number of benzene rings is 4. The van der Waals surface area contributed by atoms with Crippen LogP contribution in [0.25, 0.3) is 44.1 Å². The Labute approximate surface area is 228 Å². The van der Waals surface area contributed by atoms with Gasteiger partial charge in [0.25, 0.3) is 0 Å². The van der Waals surface area contributed by atoms with Gasteiger partial charge in [0, 0.05) is 40.7 Å². The minimum Gasteiger partial charge on any atom is -0.305 e. The largest absolute Gasteiger partial charge is 0.305 e. The predicted molar refractivity (Wildman–Crippen MR) is 142 cm³/mol. The molecule has 6 rings (SSSR count). The van der Waals surface area contributed by atoms with E-state index < -0.39 is 13.7 Å². The van der Waals surface area contributed by atoms with Gasteiger partial charge in [-0.05, 0) is 42.1 Å². The molecule has 4 aromatic carbocycles. The van der Waals surface area contributed by atoms with Gasteiger partial charge < -0.3 is 9.97 Å². The number of aromatic nitrogens is 2. The van der Waals surface area contributed by atoms with E-state index >= 15 is 0 Å². The molecule has 0 aliphatic rings. The molecule has 3 heteroatoms. The average Bonchev–Trinajstić information content (AvgIpc) is 2.97. The van der Waals surface area contributed by atoms with Gasteiger partial charge in [-0.25, -0.2) is 0 Å². The second-order valence-electron chi connectivity index (χ2n) is 7.74. The molecule has 173 valence electrons. The monoisotopic (exact) mass is 635 g/mol. The third-order valence-corrected chi connectivity index (χ3v) is 5.51. The van der Waals surface area contributed by atoms with Crippen LogP contribution in [0.15, 0.2) is 109 Å². The predicted octanol–water partition coefficient (Wildman–Crippen LogP) is 8.02. The molecule has 0 N–H and O–H groups in total. The van der Waals surface area contributed by atoms with Crippen LogP contribution in [0.4, 0.5) is 0 Å². The normalized spacial score (nSPS) is 13.6. The topological polar surface area (TPSA) is 25.8 Å². The Morgan fingerprint density at radius 3 is 2.29 bits per heavy atom. The fraction of sp³-hybridized carbons (Fsp3) is 0.0625. The summed E-state index contributed by atoms with van der Waals surface area (Å²) in [6.07, 6.45) is 2.93. The molecular formula is C32H24IrN2-2. The number of aryl methyl sites for hydroxylation is 2. The molecule has 0 bridgehead atoms. The van der Waals surface area contributed by atoms with Crippen molar-refractivity contribution in [2.24, 2.45) is 0 Å². The Morgan fingerprint density at radius 1 is 0.657 bits per heavy atom. The summed E-state index contributed by atoms with van der Waals surface area (Å²) >= 11 is 0. The Morgan fingerprint density at radius 2 is 1.49 bits per heavy atom. The smallest absolute Gasteiger partial charge is 0.0280 e. The van der Waals surface area contributed by atoms with Crippen LogP contribution in [0.3, 0.4) is 0 Å². The van der Waals surface area contributed by atoms with Crippen molar-refractivity contribution in [2.75, 3.05) is 0 Å².